The predicted octanol–water partition coefficient (Wildman–Crippen LogP) is 4.14. The molecule has 1 aromatic heterocycles. The van der Waals surface area contributed by atoms with Gasteiger partial charge in [-0.1, -0.05) is 18.2 Å². The highest BCUT2D eigenvalue weighted by Gasteiger charge is 2.42. The van der Waals surface area contributed by atoms with Crippen molar-refractivity contribution in [2.45, 2.75) is 18.9 Å². The molecule has 5 rings (SSSR count). The monoisotopic (exact) mass is 423 g/mol. The highest BCUT2D eigenvalue weighted by molar-refractivity contribution is 6.07. The molecule has 2 aliphatic rings. The maximum absolute atomic E-state index is 13.5. The molecule has 1 aliphatic carbocycles. The van der Waals surface area contributed by atoms with Crippen molar-refractivity contribution < 1.29 is 9.53 Å². The molecule has 3 aromatic rings. The fourth-order valence-electron chi connectivity index (χ4n) is 4.91. The van der Waals surface area contributed by atoms with Crippen molar-refractivity contribution in [1.82, 2.24) is 9.88 Å². The number of nitrogens with zero attached hydrogens (tertiary/aromatic N) is 2. The lowest BCUT2D eigenvalue weighted by Gasteiger charge is -2.20. The van der Waals surface area contributed by atoms with E-state index in [1.54, 1.807) is 7.11 Å². The molecule has 30 heavy (non-hydrogen) atoms. The van der Waals surface area contributed by atoms with Crippen LogP contribution >= 0.6 is 12.4 Å². The summed E-state index contributed by atoms with van der Waals surface area (Å²) in [6, 6.07) is 17.8. The zero-order valence-corrected chi connectivity index (χ0v) is 17.8. The number of ether oxygens (including phenoxy) is 1. The highest BCUT2D eigenvalue weighted by atomic mass is 35.5. The number of likely N-dealkylation sites (tertiary alicyclic amines) is 1. The van der Waals surface area contributed by atoms with E-state index >= 15 is 0 Å². The number of halogens is 1. The number of nitrogens with two attached hydrogens (primary N) is 1. The van der Waals surface area contributed by atoms with Gasteiger partial charge in [0.05, 0.1) is 23.9 Å². The standard InChI is InChI=1S/C24H25N3O2.ClH/c1-29-17-9-6-15(7-10-17)23-12-19(18-4-2-3-5-22(18)26-23)24(28)27-13-16-8-11-21(25)20(16)14-27;/h2-7,9-10,12,16,20-21H,8,11,13-14,25H2,1H3;1H. The van der Waals surface area contributed by atoms with Crippen molar-refractivity contribution in [3.05, 3.63) is 60.2 Å². The molecule has 2 N–H and O–H groups in total. The zero-order valence-electron chi connectivity index (χ0n) is 17.0. The Labute approximate surface area is 182 Å². The van der Waals surface area contributed by atoms with Crippen LogP contribution in [0.1, 0.15) is 23.2 Å². The molecule has 6 heteroatoms. The summed E-state index contributed by atoms with van der Waals surface area (Å²) in [7, 11) is 1.65. The van der Waals surface area contributed by atoms with Crippen molar-refractivity contribution in [2.24, 2.45) is 17.6 Å². The molecule has 2 aromatic carbocycles. The molecule has 2 heterocycles. The van der Waals surface area contributed by atoms with Crippen LogP contribution in [0, 0.1) is 11.8 Å². The van der Waals surface area contributed by atoms with E-state index < -0.39 is 0 Å². The maximum Gasteiger partial charge on any atom is 0.254 e. The molecule has 0 radical (unpaired) electrons. The van der Waals surface area contributed by atoms with Gasteiger partial charge < -0.3 is 15.4 Å². The number of amides is 1. The second kappa shape index (κ2) is 8.25. The Hall–Kier alpha value is -2.63. The van der Waals surface area contributed by atoms with Gasteiger partial charge in [-0.05, 0) is 61.1 Å². The van der Waals surface area contributed by atoms with E-state index in [2.05, 4.69) is 0 Å². The number of methoxy groups -OCH3 is 1. The minimum atomic E-state index is 0. The van der Waals surface area contributed by atoms with Crippen LogP contribution in [0.2, 0.25) is 0 Å². The number of aromatic nitrogens is 1. The van der Waals surface area contributed by atoms with E-state index in [1.165, 1.54) is 0 Å². The lowest BCUT2D eigenvalue weighted by atomic mass is 9.98. The Kier molecular flexibility index (Phi) is 5.67. The number of rotatable bonds is 3. The summed E-state index contributed by atoms with van der Waals surface area (Å²) in [4.78, 5) is 20.3. The van der Waals surface area contributed by atoms with E-state index in [0.717, 1.165) is 59.4 Å². The van der Waals surface area contributed by atoms with Gasteiger partial charge in [0, 0.05) is 30.1 Å². The molecule has 3 unspecified atom stereocenters. The lowest BCUT2D eigenvalue weighted by Crippen LogP contribution is -2.33. The molecule has 1 saturated heterocycles. The van der Waals surface area contributed by atoms with E-state index in [1.807, 2.05) is 59.5 Å². The average molecular weight is 424 g/mol. The van der Waals surface area contributed by atoms with Gasteiger partial charge in [0.15, 0.2) is 0 Å². The number of benzene rings is 2. The number of carbonyl (C=O) groups excluding carboxylic acids is 1. The smallest absolute Gasteiger partial charge is 0.254 e. The minimum absolute atomic E-state index is 0. The largest absolute Gasteiger partial charge is 0.497 e. The fourth-order valence-corrected chi connectivity index (χ4v) is 4.91. The summed E-state index contributed by atoms with van der Waals surface area (Å²) < 4.78 is 5.26. The molecule has 0 bridgehead atoms. The highest BCUT2D eigenvalue weighted by Crippen LogP contribution is 2.38. The summed E-state index contributed by atoms with van der Waals surface area (Å²) in [6.07, 6.45) is 2.21. The Morgan fingerprint density at radius 3 is 2.60 bits per heavy atom. The molecule has 5 nitrogen and oxygen atoms in total. The second-order valence-corrected chi connectivity index (χ2v) is 8.18. The summed E-state index contributed by atoms with van der Waals surface area (Å²) >= 11 is 0. The van der Waals surface area contributed by atoms with Crippen molar-refractivity contribution in [1.29, 1.82) is 0 Å². The summed E-state index contributed by atoms with van der Waals surface area (Å²) in [5.41, 5.74) is 9.59. The third kappa shape index (κ3) is 3.53. The van der Waals surface area contributed by atoms with Crippen LogP contribution in [0.3, 0.4) is 0 Å². The summed E-state index contributed by atoms with van der Waals surface area (Å²) in [5.74, 6) is 1.86. The fraction of sp³-hybridized carbons (Fsp3) is 0.333. The maximum atomic E-state index is 13.5. The van der Waals surface area contributed by atoms with Crippen LogP contribution in [0.5, 0.6) is 5.75 Å². The third-order valence-corrected chi connectivity index (χ3v) is 6.53. The topological polar surface area (TPSA) is 68.5 Å². The van der Waals surface area contributed by atoms with E-state index in [4.69, 9.17) is 15.5 Å². The molecular weight excluding hydrogens is 398 g/mol. The molecule has 3 atom stereocenters. The Bertz CT molecular complexity index is 1070. The van der Waals surface area contributed by atoms with Crippen molar-refractivity contribution in [3.8, 4) is 17.0 Å². The van der Waals surface area contributed by atoms with Gasteiger partial charge in [-0.2, -0.15) is 0 Å². The van der Waals surface area contributed by atoms with Gasteiger partial charge in [0.1, 0.15) is 5.75 Å². The molecule has 1 aliphatic heterocycles. The number of pyridine rings is 1. The first-order valence-corrected chi connectivity index (χ1v) is 10.2. The van der Waals surface area contributed by atoms with E-state index in [-0.39, 0.29) is 24.4 Å². The minimum Gasteiger partial charge on any atom is -0.497 e. The zero-order chi connectivity index (χ0) is 20.0. The van der Waals surface area contributed by atoms with Gasteiger partial charge in [-0.25, -0.2) is 4.98 Å². The van der Waals surface area contributed by atoms with Crippen LogP contribution < -0.4 is 10.5 Å². The summed E-state index contributed by atoms with van der Waals surface area (Å²) in [6.45, 7) is 1.57. The summed E-state index contributed by atoms with van der Waals surface area (Å²) in [5, 5.41) is 0.899. The number of hydrogen-bond donors (Lipinski definition) is 1. The number of para-hydroxylation sites is 1. The van der Waals surface area contributed by atoms with E-state index in [9.17, 15) is 4.79 Å². The number of fused-ring (bicyclic) bond motifs is 2. The number of carbonyl (C=O) groups is 1. The van der Waals surface area contributed by atoms with Crippen LogP contribution in [0.25, 0.3) is 22.2 Å². The Morgan fingerprint density at radius 1 is 1.10 bits per heavy atom. The van der Waals surface area contributed by atoms with Gasteiger partial charge in [0.2, 0.25) is 0 Å². The van der Waals surface area contributed by atoms with Crippen molar-refractivity contribution in [2.75, 3.05) is 20.2 Å². The quantitative estimate of drug-likeness (QED) is 0.687. The number of hydrogen-bond acceptors (Lipinski definition) is 4. The van der Waals surface area contributed by atoms with Gasteiger partial charge in [0.25, 0.3) is 5.91 Å². The van der Waals surface area contributed by atoms with E-state index in [0.29, 0.717) is 11.8 Å². The second-order valence-electron chi connectivity index (χ2n) is 8.18. The van der Waals surface area contributed by atoms with Crippen molar-refractivity contribution in [3.63, 3.8) is 0 Å². The van der Waals surface area contributed by atoms with Gasteiger partial charge >= 0.3 is 0 Å². The third-order valence-electron chi connectivity index (χ3n) is 6.53. The average Bonchev–Trinajstić information content (AvgIpc) is 3.34. The first kappa shape index (κ1) is 20.6. The molecule has 156 valence electrons. The molecular formula is C24H26ClN3O2. The first-order valence-electron chi connectivity index (χ1n) is 10.2. The van der Waals surface area contributed by atoms with Crippen LogP contribution in [-0.4, -0.2) is 42.0 Å². The molecule has 1 saturated carbocycles. The lowest BCUT2D eigenvalue weighted by molar-refractivity contribution is 0.0781. The van der Waals surface area contributed by atoms with Gasteiger partial charge in [-0.3, -0.25) is 4.79 Å². The SMILES string of the molecule is COc1ccc(-c2cc(C(=O)N3CC4CCC(N)C4C3)c3ccccc3n2)cc1.Cl. The molecule has 2 fully saturated rings. The Balaban J connectivity index is 0.00000218. The van der Waals surface area contributed by atoms with Crippen LogP contribution in [0.4, 0.5) is 0 Å². The van der Waals surface area contributed by atoms with Crippen molar-refractivity contribution >= 4 is 29.2 Å². The first-order chi connectivity index (χ1) is 14.1. The normalized spacial score (nSPS) is 22.6. The van der Waals surface area contributed by atoms with Crippen LogP contribution in [0.15, 0.2) is 54.6 Å². The predicted molar refractivity (Wildman–Crippen MR) is 121 cm³/mol. The van der Waals surface area contributed by atoms with Gasteiger partial charge in [-0.15, -0.1) is 12.4 Å². The Morgan fingerprint density at radius 2 is 1.87 bits per heavy atom. The molecule has 1 amide bonds. The molecule has 0 spiro atoms. The van der Waals surface area contributed by atoms with Crippen LogP contribution in [-0.2, 0) is 0 Å².